The number of hydrogen-bond acceptors (Lipinski definition) is 7. The third kappa shape index (κ3) is 4.25. The summed E-state index contributed by atoms with van der Waals surface area (Å²) in [6.45, 7) is 1.06. The third-order valence-corrected chi connectivity index (χ3v) is 5.40. The number of benzene rings is 2. The van der Waals surface area contributed by atoms with Gasteiger partial charge in [-0.25, -0.2) is 4.98 Å². The molecule has 148 valence electrons. The van der Waals surface area contributed by atoms with Crippen molar-refractivity contribution in [3.8, 4) is 17.2 Å². The second kappa shape index (κ2) is 8.79. The van der Waals surface area contributed by atoms with E-state index in [1.165, 1.54) is 11.3 Å². The minimum atomic E-state index is 0.421. The van der Waals surface area contributed by atoms with Gasteiger partial charge in [0.15, 0.2) is 16.6 Å². The number of nitrogens with one attached hydrogen (secondary N) is 1. The van der Waals surface area contributed by atoms with E-state index in [2.05, 4.69) is 15.3 Å². The van der Waals surface area contributed by atoms with Crippen molar-refractivity contribution in [2.45, 2.75) is 13.2 Å². The molecule has 1 N–H and O–H groups in total. The average molecular weight is 407 g/mol. The molecule has 4 aromatic rings. The maximum Gasteiger partial charge on any atom is 0.205 e. The van der Waals surface area contributed by atoms with Gasteiger partial charge in [-0.3, -0.25) is 4.98 Å². The average Bonchev–Trinajstić information content (AvgIpc) is 3.19. The van der Waals surface area contributed by atoms with Crippen molar-refractivity contribution in [1.82, 2.24) is 9.97 Å². The van der Waals surface area contributed by atoms with Crippen LogP contribution in [-0.2, 0) is 13.2 Å². The van der Waals surface area contributed by atoms with E-state index in [9.17, 15) is 0 Å². The number of aromatic nitrogens is 2. The Kier molecular flexibility index (Phi) is 5.76. The standard InChI is InChI=1S/C22H21N3O3S/c1-26-18-11-17-21(29-22(25-17)24-13-16-9-6-10-23-12-16)20(27-2)19(18)28-14-15-7-4-3-5-8-15/h3-12H,13-14H2,1-2H3,(H,24,25). The van der Waals surface area contributed by atoms with Crippen LogP contribution >= 0.6 is 11.3 Å². The van der Waals surface area contributed by atoms with E-state index < -0.39 is 0 Å². The molecule has 0 radical (unpaired) electrons. The zero-order valence-corrected chi connectivity index (χ0v) is 17.0. The van der Waals surface area contributed by atoms with Crippen LogP contribution in [-0.4, -0.2) is 24.2 Å². The van der Waals surface area contributed by atoms with Crippen LogP contribution in [0.25, 0.3) is 10.2 Å². The molecule has 7 heteroatoms. The second-order valence-electron chi connectivity index (χ2n) is 6.30. The summed E-state index contributed by atoms with van der Waals surface area (Å²) in [6.07, 6.45) is 3.59. The molecule has 4 rings (SSSR count). The van der Waals surface area contributed by atoms with Gasteiger partial charge in [0.05, 0.1) is 19.7 Å². The van der Waals surface area contributed by atoms with E-state index >= 15 is 0 Å². The molecule has 0 fully saturated rings. The summed E-state index contributed by atoms with van der Waals surface area (Å²) >= 11 is 1.52. The summed E-state index contributed by atoms with van der Waals surface area (Å²) in [4.78, 5) is 8.81. The molecule has 0 amide bonds. The highest BCUT2D eigenvalue weighted by Gasteiger charge is 2.20. The first-order valence-electron chi connectivity index (χ1n) is 9.13. The summed E-state index contributed by atoms with van der Waals surface area (Å²) in [6, 6.07) is 15.8. The zero-order chi connectivity index (χ0) is 20.1. The zero-order valence-electron chi connectivity index (χ0n) is 16.2. The normalized spacial score (nSPS) is 10.7. The largest absolute Gasteiger partial charge is 0.493 e. The SMILES string of the molecule is COc1cc2nc(NCc3cccnc3)sc2c(OC)c1OCc1ccccc1. The fourth-order valence-corrected chi connectivity index (χ4v) is 3.92. The highest BCUT2D eigenvalue weighted by atomic mass is 32.1. The lowest BCUT2D eigenvalue weighted by molar-refractivity contribution is 0.267. The number of thiazole rings is 1. The molecule has 2 aromatic heterocycles. The smallest absolute Gasteiger partial charge is 0.205 e. The molecule has 0 aliphatic carbocycles. The first-order valence-corrected chi connectivity index (χ1v) is 9.95. The Hall–Kier alpha value is -3.32. The first-order chi connectivity index (χ1) is 14.3. The lowest BCUT2D eigenvalue weighted by atomic mass is 10.2. The quantitative estimate of drug-likeness (QED) is 0.448. The molecule has 2 aromatic carbocycles. The van der Waals surface area contributed by atoms with Gasteiger partial charge in [0.25, 0.3) is 0 Å². The van der Waals surface area contributed by atoms with Crippen LogP contribution in [0.4, 0.5) is 5.13 Å². The predicted octanol–water partition coefficient (Wildman–Crippen LogP) is 4.90. The number of nitrogens with zero attached hydrogens (tertiary/aromatic N) is 2. The molecule has 29 heavy (non-hydrogen) atoms. The monoisotopic (exact) mass is 407 g/mol. The van der Waals surface area contributed by atoms with Crippen molar-refractivity contribution >= 4 is 26.7 Å². The van der Waals surface area contributed by atoms with E-state index in [0.717, 1.165) is 26.5 Å². The van der Waals surface area contributed by atoms with Crippen molar-refractivity contribution < 1.29 is 14.2 Å². The van der Waals surface area contributed by atoms with Crippen LogP contribution in [0.1, 0.15) is 11.1 Å². The molecular formula is C22H21N3O3S. The van der Waals surface area contributed by atoms with Crippen molar-refractivity contribution in [3.63, 3.8) is 0 Å². The molecule has 2 heterocycles. The molecule has 0 aliphatic heterocycles. The van der Waals surface area contributed by atoms with E-state index in [1.807, 2.05) is 54.7 Å². The summed E-state index contributed by atoms with van der Waals surface area (Å²) < 4.78 is 18.2. The molecule has 0 saturated carbocycles. The Morgan fingerprint density at radius 2 is 1.79 bits per heavy atom. The third-order valence-electron chi connectivity index (χ3n) is 4.37. The molecule has 6 nitrogen and oxygen atoms in total. The van der Waals surface area contributed by atoms with Crippen molar-refractivity contribution in [1.29, 1.82) is 0 Å². The Morgan fingerprint density at radius 3 is 2.52 bits per heavy atom. The maximum absolute atomic E-state index is 6.08. The van der Waals surface area contributed by atoms with Gasteiger partial charge in [-0.05, 0) is 17.2 Å². The van der Waals surface area contributed by atoms with E-state index in [4.69, 9.17) is 14.2 Å². The predicted molar refractivity (Wildman–Crippen MR) is 115 cm³/mol. The lowest BCUT2D eigenvalue weighted by Crippen LogP contribution is -2.00. The van der Waals surface area contributed by atoms with Crippen LogP contribution < -0.4 is 19.5 Å². The van der Waals surface area contributed by atoms with Crippen LogP contribution in [0.15, 0.2) is 60.9 Å². The van der Waals surface area contributed by atoms with Gasteiger partial charge in [-0.1, -0.05) is 47.7 Å². The fourth-order valence-electron chi connectivity index (χ4n) is 2.96. The highest BCUT2D eigenvalue weighted by molar-refractivity contribution is 7.22. The van der Waals surface area contributed by atoms with E-state index in [0.29, 0.717) is 30.4 Å². The minimum Gasteiger partial charge on any atom is -0.493 e. The topological polar surface area (TPSA) is 65.5 Å². The Morgan fingerprint density at radius 1 is 0.966 bits per heavy atom. The molecule has 0 atom stereocenters. The Bertz CT molecular complexity index is 1080. The molecule has 0 saturated heterocycles. The summed E-state index contributed by atoms with van der Waals surface area (Å²) in [5.41, 5.74) is 2.95. The number of pyridine rings is 1. The van der Waals surface area contributed by atoms with Crippen LogP contribution in [0, 0.1) is 0 Å². The number of hydrogen-bond donors (Lipinski definition) is 1. The maximum atomic E-state index is 6.08. The minimum absolute atomic E-state index is 0.421. The molecule has 0 bridgehead atoms. The van der Waals surface area contributed by atoms with E-state index in [-0.39, 0.29) is 0 Å². The lowest BCUT2D eigenvalue weighted by Gasteiger charge is -2.14. The summed E-state index contributed by atoms with van der Waals surface area (Å²) in [5.74, 6) is 1.80. The Balaban J connectivity index is 1.62. The number of anilines is 1. The fraction of sp³-hybridized carbons (Fsp3) is 0.182. The van der Waals surface area contributed by atoms with Gasteiger partial charge in [-0.15, -0.1) is 0 Å². The van der Waals surface area contributed by atoms with Crippen molar-refractivity contribution in [2.24, 2.45) is 0 Å². The van der Waals surface area contributed by atoms with Crippen LogP contribution in [0.2, 0.25) is 0 Å². The summed E-state index contributed by atoms with van der Waals surface area (Å²) in [5, 5.41) is 4.14. The van der Waals surface area contributed by atoms with Gasteiger partial charge >= 0.3 is 0 Å². The Labute approximate surface area is 173 Å². The number of fused-ring (bicyclic) bond motifs is 1. The molecular weight excluding hydrogens is 386 g/mol. The molecule has 0 unspecified atom stereocenters. The van der Waals surface area contributed by atoms with Crippen LogP contribution in [0.3, 0.4) is 0 Å². The van der Waals surface area contributed by atoms with E-state index in [1.54, 1.807) is 20.4 Å². The number of ether oxygens (including phenoxy) is 3. The van der Waals surface area contributed by atoms with Gasteiger partial charge in [0.2, 0.25) is 5.75 Å². The van der Waals surface area contributed by atoms with Crippen molar-refractivity contribution in [2.75, 3.05) is 19.5 Å². The van der Waals surface area contributed by atoms with Gasteiger partial charge in [-0.2, -0.15) is 0 Å². The highest BCUT2D eigenvalue weighted by Crippen LogP contribution is 2.46. The molecule has 0 spiro atoms. The first kappa shape index (κ1) is 19.0. The van der Waals surface area contributed by atoms with Gasteiger partial charge < -0.3 is 19.5 Å². The van der Waals surface area contributed by atoms with Gasteiger partial charge in [0, 0.05) is 25.0 Å². The van der Waals surface area contributed by atoms with Crippen LogP contribution in [0.5, 0.6) is 17.2 Å². The molecule has 0 aliphatic rings. The second-order valence-corrected chi connectivity index (χ2v) is 7.30. The van der Waals surface area contributed by atoms with Gasteiger partial charge in [0.1, 0.15) is 11.3 Å². The number of rotatable bonds is 8. The number of methoxy groups -OCH3 is 2. The summed E-state index contributed by atoms with van der Waals surface area (Å²) in [7, 11) is 3.25. The van der Waals surface area contributed by atoms with Crippen molar-refractivity contribution in [3.05, 3.63) is 72.1 Å².